The lowest BCUT2D eigenvalue weighted by molar-refractivity contribution is -0.112. The summed E-state index contributed by atoms with van der Waals surface area (Å²) in [6.45, 7) is 4.47. The Morgan fingerprint density at radius 2 is 2.31 bits per heavy atom. The number of benzene rings is 1. The summed E-state index contributed by atoms with van der Waals surface area (Å²) in [6, 6.07) is 5.84. The highest BCUT2D eigenvalue weighted by molar-refractivity contribution is 8.03. The summed E-state index contributed by atoms with van der Waals surface area (Å²) < 4.78 is 0. The normalized spacial score (nSPS) is 16.6. The molecule has 0 aromatic heterocycles. The minimum Gasteiger partial charge on any atom is -0.399 e. The summed E-state index contributed by atoms with van der Waals surface area (Å²) in [7, 11) is 0. The average molecular weight is 234 g/mol. The van der Waals surface area contributed by atoms with Gasteiger partial charge in [-0.2, -0.15) is 0 Å². The molecule has 0 atom stereocenters. The number of thioether (sulfide) groups is 1. The zero-order valence-corrected chi connectivity index (χ0v) is 10.2. The predicted octanol–water partition coefficient (Wildman–Crippen LogP) is 2.63. The first-order valence-electron chi connectivity index (χ1n) is 5.19. The van der Waals surface area contributed by atoms with E-state index in [0.29, 0.717) is 0 Å². The first-order chi connectivity index (χ1) is 7.61. The Morgan fingerprint density at radius 1 is 1.56 bits per heavy atom. The van der Waals surface area contributed by atoms with Crippen molar-refractivity contribution < 1.29 is 4.79 Å². The highest BCUT2D eigenvalue weighted by Gasteiger charge is 2.24. The molecule has 2 rings (SSSR count). The molecule has 0 spiro atoms. The van der Waals surface area contributed by atoms with Crippen molar-refractivity contribution in [3.63, 3.8) is 0 Å². The van der Waals surface area contributed by atoms with E-state index in [0.717, 1.165) is 27.8 Å². The number of allylic oxidation sites excluding steroid dienone is 1. The maximum absolute atomic E-state index is 11.1. The highest BCUT2D eigenvalue weighted by Crippen LogP contribution is 2.46. The van der Waals surface area contributed by atoms with E-state index in [1.807, 2.05) is 18.2 Å². The van der Waals surface area contributed by atoms with Crippen LogP contribution in [0.15, 0.2) is 34.2 Å². The van der Waals surface area contributed by atoms with Crippen molar-refractivity contribution in [3.05, 3.63) is 29.3 Å². The van der Waals surface area contributed by atoms with E-state index in [2.05, 4.69) is 11.8 Å². The zero-order valence-electron chi connectivity index (χ0n) is 9.36. The minimum absolute atomic E-state index is 0.0710. The van der Waals surface area contributed by atoms with Crippen LogP contribution in [0.25, 0.3) is 0 Å². The second-order valence-corrected chi connectivity index (χ2v) is 4.73. The van der Waals surface area contributed by atoms with Gasteiger partial charge in [0.05, 0.1) is 10.7 Å². The second kappa shape index (κ2) is 4.22. The van der Waals surface area contributed by atoms with Crippen LogP contribution in [0.2, 0.25) is 0 Å². The van der Waals surface area contributed by atoms with Gasteiger partial charge < -0.3 is 10.6 Å². The van der Waals surface area contributed by atoms with Crippen LogP contribution in [-0.4, -0.2) is 12.3 Å². The Balaban J connectivity index is 2.44. The van der Waals surface area contributed by atoms with E-state index in [1.165, 1.54) is 0 Å². The summed E-state index contributed by atoms with van der Waals surface area (Å²) >= 11 is 1.62. The molecule has 0 radical (unpaired) electrons. The molecule has 0 unspecified atom stereocenters. The van der Waals surface area contributed by atoms with Crippen LogP contribution >= 0.6 is 11.8 Å². The van der Waals surface area contributed by atoms with Crippen molar-refractivity contribution in [2.75, 3.05) is 17.2 Å². The van der Waals surface area contributed by atoms with Crippen LogP contribution in [0.1, 0.15) is 13.8 Å². The van der Waals surface area contributed by atoms with Gasteiger partial charge in [-0.25, -0.2) is 0 Å². The molecule has 1 aliphatic heterocycles. The monoisotopic (exact) mass is 234 g/mol. The van der Waals surface area contributed by atoms with Crippen molar-refractivity contribution in [1.82, 2.24) is 0 Å². The summed E-state index contributed by atoms with van der Waals surface area (Å²) in [4.78, 5) is 14.4. The van der Waals surface area contributed by atoms with Crippen molar-refractivity contribution in [3.8, 4) is 0 Å². The van der Waals surface area contributed by atoms with Crippen molar-refractivity contribution in [2.45, 2.75) is 18.7 Å². The molecule has 1 heterocycles. The lowest BCUT2D eigenvalue weighted by Gasteiger charge is -2.17. The molecule has 84 valence electrons. The Hall–Kier alpha value is -1.42. The summed E-state index contributed by atoms with van der Waals surface area (Å²) in [5.41, 5.74) is 7.62. The summed E-state index contributed by atoms with van der Waals surface area (Å²) in [5, 5.41) is 0.982. The number of ketones is 1. The molecule has 3 nitrogen and oxygen atoms in total. The van der Waals surface area contributed by atoms with Crippen LogP contribution in [0.5, 0.6) is 0 Å². The third-order valence-electron chi connectivity index (χ3n) is 2.40. The molecule has 0 saturated heterocycles. The predicted molar refractivity (Wildman–Crippen MR) is 68.5 cm³/mol. The van der Waals surface area contributed by atoms with E-state index in [1.54, 1.807) is 24.8 Å². The van der Waals surface area contributed by atoms with Gasteiger partial charge in [0.2, 0.25) is 0 Å². The Kier molecular flexibility index (Phi) is 2.92. The van der Waals surface area contributed by atoms with Crippen molar-refractivity contribution in [2.24, 2.45) is 0 Å². The Bertz CT molecular complexity index is 468. The molecular formula is C12H14N2OS. The SMILES string of the molecule is CCN1C(=CC(C)=O)Sc2ccc(N)cc21. The maximum atomic E-state index is 11.1. The largest absolute Gasteiger partial charge is 0.399 e. The number of rotatable bonds is 2. The minimum atomic E-state index is 0.0710. The topological polar surface area (TPSA) is 46.3 Å². The number of nitrogens with two attached hydrogens (primary N) is 1. The highest BCUT2D eigenvalue weighted by atomic mass is 32.2. The lowest BCUT2D eigenvalue weighted by Crippen LogP contribution is -2.17. The second-order valence-electron chi connectivity index (χ2n) is 3.67. The van der Waals surface area contributed by atoms with Gasteiger partial charge in [0, 0.05) is 23.2 Å². The Labute approximate surface area is 99.3 Å². The number of hydrogen-bond donors (Lipinski definition) is 1. The van der Waals surface area contributed by atoms with Crippen LogP contribution in [-0.2, 0) is 4.79 Å². The van der Waals surface area contributed by atoms with Gasteiger partial charge in [0.15, 0.2) is 5.78 Å². The zero-order chi connectivity index (χ0) is 11.7. The van der Waals surface area contributed by atoms with Gasteiger partial charge in [-0.3, -0.25) is 4.79 Å². The third kappa shape index (κ3) is 1.93. The molecule has 0 bridgehead atoms. The van der Waals surface area contributed by atoms with Gasteiger partial charge in [-0.05, 0) is 32.0 Å². The molecule has 2 N–H and O–H groups in total. The van der Waals surface area contributed by atoms with Crippen LogP contribution in [0, 0.1) is 0 Å². The van der Waals surface area contributed by atoms with Crippen LogP contribution in [0.3, 0.4) is 0 Å². The van der Waals surface area contributed by atoms with Gasteiger partial charge in [-0.1, -0.05) is 11.8 Å². The van der Waals surface area contributed by atoms with E-state index >= 15 is 0 Å². The van der Waals surface area contributed by atoms with Gasteiger partial charge in [-0.15, -0.1) is 0 Å². The van der Waals surface area contributed by atoms with Gasteiger partial charge in [0.1, 0.15) is 0 Å². The molecule has 0 aliphatic carbocycles. The molecule has 16 heavy (non-hydrogen) atoms. The van der Waals surface area contributed by atoms with Crippen molar-refractivity contribution in [1.29, 1.82) is 0 Å². The number of anilines is 2. The number of carbonyl (C=O) groups excluding carboxylic acids is 1. The molecule has 0 fully saturated rings. The van der Waals surface area contributed by atoms with Gasteiger partial charge >= 0.3 is 0 Å². The third-order valence-corrected chi connectivity index (χ3v) is 3.51. The first-order valence-corrected chi connectivity index (χ1v) is 6.00. The molecule has 0 saturated carbocycles. The smallest absolute Gasteiger partial charge is 0.155 e. The molecule has 1 aromatic carbocycles. The standard InChI is InChI=1S/C12H14N2OS/c1-3-14-10-7-9(13)4-5-11(10)16-12(14)6-8(2)15/h4-7H,3,13H2,1-2H3. The maximum Gasteiger partial charge on any atom is 0.155 e. The first kappa shape index (κ1) is 11.1. The number of nitrogens with zero attached hydrogens (tertiary/aromatic N) is 1. The fourth-order valence-corrected chi connectivity index (χ4v) is 2.92. The molecule has 0 amide bonds. The van der Waals surface area contributed by atoms with Crippen LogP contribution in [0.4, 0.5) is 11.4 Å². The molecule has 1 aromatic rings. The van der Waals surface area contributed by atoms with E-state index in [4.69, 9.17) is 5.73 Å². The lowest BCUT2D eigenvalue weighted by atomic mass is 10.2. The molecule has 1 aliphatic rings. The van der Waals surface area contributed by atoms with Crippen LogP contribution < -0.4 is 10.6 Å². The number of hydrogen-bond acceptors (Lipinski definition) is 4. The fraction of sp³-hybridized carbons (Fsp3) is 0.250. The van der Waals surface area contributed by atoms with E-state index in [9.17, 15) is 4.79 Å². The van der Waals surface area contributed by atoms with Crippen molar-refractivity contribution >= 4 is 28.9 Å². The Morgan fingerprint density at radius 3 is 2.94 bits per heavy atom. The summed E-state index contributed by atoms with van der Waals surface area (Å²) in [6.07, 6.45) is 1.67. The van der Waals surface area contributed by atoms with Gasteiger partial charge in [0.25, 0.3) is 0 Å². The fourth-order valence-electron chi connectivity index (χ4n) is 1.73. The summed E-state index contributed by atoms with van der Waals surface area (Å²) in [5.74, 6) is 0.0710. The number of nitrogen functional groups attached to an aromatic ring is 1. The number of fused-ring (bicyclic) bond motifs is 1. The number of carbonyl (C=O) groups is 1. The molecule has 4 heteroatoms. The quantitative estimate of drug-likeness (QED) is 0.631. The average Bonchev–Trinajstić information content (AvgIpc) is 2.53. The molecular weight excluding hydrogens is 220 g/mol. The van der Waals surface area contributed by atoms with E-state index < -0.39 is 0 Å². The van der Waals surface area contributed by atoms with E-state index in [-0.39, 0.29) is 5.78 Å².